The van der Waals surface area contributed by atoms with Crippen molar-refractivity contribution in [3.63, 3.8) is 0 Å². The number of benzene rings is 1. The highest BCUT2D eigenvalue weighted by atomic mass is 35.5. The number of carbonyl (C=O) groups is 1. The van der Waals surface area contributed by atoms with Crippen molar-refractivity contribution in [2.75, 3.05) is 12.3 Å². The van der Waals surface area contributed by atoms with Gasteiger partial charge in [-0.3, -0.25) is 4.79 Å². The van der Waals surface area contributed by atoms with Gasteiger partial charge in [0.25, 0.3) is 5.91 Å². The molecule has 0 spiro atoms. The summed E-state index contributed by atoms with van der Waals surface area (Å²) in [6.45, 7) is 2.94. The maximum Gasteiger partial charge on any atom is 0.435 e. The van der Waals surface area contributed by atoms with Gasteiger partial charge in [0.15, 0.2) is 5.69 Å². The predicted molar refractivity (Wildman–Crippen MR) is 112 cm³/mol. The maximum atomic E-state index is 13.3. The van der Waals surface area contributed by atoms with Crippen molar-refractivity contribution in [3.8, 4) is 0 Å². The van der Waals surface area contributed by atoms with Crippen LogP contribution in [-0.2, 0) is 30.7 Å². The molecule has 1 amide bonds. The lowest BCUT2D eigenvalue weighted by molar-refractivity contribution is -0.141. The molecular weight excluding hydrogens is 447 g/mol. The van der Waals surface area contributed by atoms with Crippen molar-refractivity contribution in [1.82, 2.24) is 20.1 Å². The zero-order valence-electron chi connectivity index (χ0n) is 17.0. The topological polar surface area (TPSA) is 94.2 Å². The third-order valence-electron chi connectivity index (χ3n) is 5.19. The van der Waals surface area contributed by atoms with E-state index >= 15 is 0 Å². The largest absolute Gasteiger partial charge is 0.435 e. The van der Waals surface area contributed by atoms with Crippen LogP contribution in [0.25, 0.3) is 10.9 Å². The average molecular weight is 466 g/mol. The lowest BCUT2D eigenvalue weighted by Crippen LogP contribution is -2.32. The van der Waals surface area contributed by atoms with Crippen molar-refractivity contribution in [2.24, 2.45) is 0 Å². The van der Waals surface area contributed by atoms with Crippen molar-refractivity contribution < 1.29 is 22.7 Å². The third kappa shape index (κ3) is 4.20. The molecule has 2 aromatic heterocycles. The monoisotopic (exact) mass is 465 g/mol. The number of ether oxygens (including phenoxy) is 1. The molecular formula is C21H19ClF3N5O2. The Kier molecular flexibility index (Phi) is 5.91. The average Bonchev–Trinajstić information content (AvgIpc) is 3.23. The Labute approximate surface area is 186 Å². The molecule has 1 aromatic carbocycles. The van der Waals surface area contributed by atoms with Gasteiger partial charge < -0.3 is 15.4 Å². The molecule has 0 bridgehead atoms. The van der Waals surface area contributed by atoms with Gasteiger partial charge >= 0.3 is 6.18 Å². The molecule has 11 heteroatoms. The molecule has 7 nitrogen and oxygen atoms in total. The highest BCUT2D eigenvalue weighted by molar-refractivity contribution is 6.34. The van der Waals surface area contributed by atoms with E-state index in [1.807, 2.05) is 6.92 Å². The number of hydrogen-bond acceptors (Lipinski definition) is 6. The Morgan fingerprint density at radius 1 is 1.22 bits per heavy atom. The second kappa shape index (κ2) is 8.51. The molecule has 0 fully saturated rings. The van der Waals surface area contributed by atoms with Crippen molar-refractivity contribution >= 4 is 34.2 Å². The Hall–Kier alpha value is -2.98. The van der Waals surface area contributed by atoms with Gasteiger partial charge in [0.1, 0.15) is 5.82 Å². The van der Waals surface area contributed by atoms with Gasteiger partial charge in [0.2, 0.25) is 0 Å². The molecule has 168 valence electrons. The molecule has 32 heavy (non-hydrogen) atoms. The summed E-state index contributed by atoms with van der Waals surface area (Å²) in [6, 6.07) is 5.31. The molecule has 2 N–H and O–H groups in total. The first-order chi connectivity index (χ1) is 15.2. The summed E-state index contributed by atoms with van der Waals surface area (Å²) in [6.07, 6.45) is -3.95. The van der Waals surface area contributed by atoms with Crippen LogP contribution in [0.4, 0.5) is 19.0 Å². The van der Waals surface area contributed by atoms with E-state index in [4.69, 9.17) is 22.1 Å². The third-order valence-corrected chi connectivity index (χ3v) is 5.50. The SMILES string of the molecule is CCCN(Cc1ccc(C(F)(F)F)nn1)C(=O)c1cc2c3c(c(N)nc2cc1Cl)COC3. The Morgan fingerprint density at radius 2 is 1.97 bits per heavy atom. The molecule has 0 unspecified atom stereocenters. The number of aromatic nitrogens is 3. The van der Waals surface area contributed by atoms with E-state index in [9.17, 15) is 18.0 Å². The molecule has 0 radical (unpaired) electrons. The first-order valence-electron chi connectivity index (χ1n) is 9.86. The Morgan fingerprint density at radius 3 is 2.62 bits per heavy atom. The zero-order chi connectivity index (χ0) is 23.0. The van der Waals surface area contributed by atoms with E-state index in [0.29, 0.717) is 37.5 Å². The quantitative estimate of drug-likeness (QED) is 0.601. The van der Waals surface area contributed by atoms with E-state index in [-0.39, 0.29) is 28.7 Å². The molecule has 0 aliphatic carbocycles. The van der Waals surface area contributed by atoms with Crippen LogP contribution < -0.4 is 5.73 Å². The highest BCUT2D eigenvalue weighted by Crippen LogP contribution is 2.34. The summed E-state index contributed by atoms with van der Waals surface area (Å²) < 4.78 is 43.7. The number of pyridine rings is 1. The fourth-order valence-corrected chi connectivity index (χ4v) is 3.88. The van der Waals surface area contributed by atoms with Crippen molar-refractivity contribution in [2.45, 2.75) is 39.3 Å². The first-order valence-corrected chi connectivity index (χ1v) is 10.2. The summed E-state index contributed by atoms with van der Waals surface area (Å²) in [5.41, 5.74) is 7.63. The molecule has 1 aliphatic heterocycles. The van der Waals surface area contributed by atoms with Crippen LogP contribution in [0.1, 0.15) is 46.2 Å². The molecule has 3 heterocycles. The molecule has 0 saturated heterocycles. The number of halogens is 4. The highest BCUT2D eigenvalue weighted by Gasteiger charge is 2.33. The second-order valence-electron chi connectivity index (χ2n) is 7.43. The van der Waals surface area contributed by atoms with Crippen LogP contribution in [0.15, 0.2) is 24.3 Å². The first kappa shape index (κ1) is 22.2. The molecule has 3 aromatic rings. The number of carbonyl (C=O) groups excluding carboxylic acids is 1. The number of rotatable bonds is 5. The normalized spacial score (nSPS) is 13.4. The number of nitrogens with two attached hydrogens (primary N) is 1. The Balaban J connectivity index is 1.67. The minimum atomic E-state index is -4.58. The van der Waals surface area contributed by atoms with E-state index in [1.54, 1.807) is 12.1 Å². The minimum Gasteiger partial charge on any atom is -0.383 e. The van der Waals surface area contributed by atoms with Gasteiger partial charge in [0.05, 0.1) is 41.6 Å². The van der Waals surface area contributed by atoms with Crippen LogP contribution in [-0.4, -0.2) is 32.5 Å². The van der Waals surface area contributed by atoms with Crippen LogP contribution in [0.2, 0.25) is 5.02 Å². The van der Waals surface area contributed by atoms with E-state index in [2.05, 4.69) is 15.2 Å². The number of hydrogen-bond donors (Lipinski definition) is 1. The van der Waals surface area contributed by atoms with Gasteiger partial charge in [-0.25, -0.2) is 4.98 Å². The van der Waals surface area contributed by atoms with Gasteiger partial charge in [-0.15, -0.1) is 5.10 Å². The lowest BCUT2D eigenvalue weighted by Gasteiger charge is -2.23. The maximum absolute atomic E-state index is 13.3. The number of nitrogen functional groups attached to an aromatic ring is 1. The van der Waals surface area contributed by atoms with Crippen LogP contribution in [0.5, 0.6) is 0 Å². The minimum absolute atomic E-state index is 0.00656. The van der Waals surface area contributed by atoms with Gasteiger partial charge in [-0.1, -0.05) is 18.5 Å². The van der Waals surface area contributed by atoms with Crippen molar-refractivity contribution in [3.05, 3.63) is 57.4 Å². The Bertz CT molecular complexity index is 1180. The summed E-state index contributed by atoms with van der Waals surface area (Å²) in [5.74, 6) is -0.00132. The molecule has 4 rings (SSSR count). The van der Waals surface area contributed by atoms with Crippen molar-refractivity contribution in [1.29, 1.82) is 0 Å². The molecule has 1 aliphatic rings. The van der Waals surface area contributed by atoms with Gasteiger partial charge in [-0.05, 0) is 36.2 Å². The number of fused-ring (bicyclic) bond motifs is 3. The lowest BCUT2D eigenvalue weighted by atomic mass is 10.0. The fourth-order valence-electron chi connectivity index (χ4n) is 3.64. The smallest absolute Gasteiger partial charge is 0.383 e. The zero-order valence-corrected chi connectivity index (χ0v) is 17.8. The van der Waals surface area contributed by atoms with Gasteiger partial charge in [-0.2, -0.15) is 18.3 Å². The van der Waals surface area contributed by atoms with Crippen LogP contribution >= 0.6 is 11.6 Å². The summed E-state index contributed by atoms with van der Waals surface area (Å²) in [5, 5.41) is 7.79. The summed E-state index contributed by atoms with van der Waals surface area (Å²) in [7, 11) is 0. The molecule has 0 atom stereocenters. The van der Waals surface area contributed by atoms with E-state index in [0.717, 1.165) is 22.6 Å². The van der Waals surface area contributed by atoms with Crippen LogP contribution in [0.3, 0.4) is 0 Å². The number of alkyl halides is 3. The van der Waals surface area contributed by atoms with Crippen LogP contribution in [0, 0.1) is 0 Å². The summed E-state index contributed by atoms with van der Waals surface area (Å²) in [4.78, 5) is 19.2. The van der Waals surface area contributed by atoms with Gasteiger partial charge in [0, 0.05) is 17.5 Å². The van der Waals surface area contributed by atoms with E-state index in [1.165, 1.54) is 11.0 Å². The molecule has 0 saturated carbocycles. The number of anilines is 1. The standard InChI is InChI=1S/C21H19ClF3N5O2/c1-2-5-30(8-11-3-4-18(29-28-11)21(23,24)25)20(31)13-6-12-14-9-32-10-15(14)19(26)27-17(12)7-16(13)22/h3-4,6-7H,2,5,8-10H2,1H3,(H2,26,27). The number of nitrogens with zero attached hydrogens (tertiary/aromatic N) is 4. The summed E-state index contributed by atoms with van der Waals surface area (Å²) >= 11 is 6.41. The second-order valence-corrected chi connectivity index (χ2v) is 7.84. The predicted octanol–water partition coefficient (Wildman–Crippen LogP) is 4.36. The number of amides is 1. The van der Waals surface area contributed by atoms with E-state index < -0.39 is 11.9 Å². The fraction of sp³-hybridized carbons (Fsp3) is 0.333.